The van der Waals surface area contributed by atoms with Crippen molar-refractivity contribution in [1.82, 2.24) is 4.90 Å². The van der Waals surface area contributed by atoms with Crippen LogP contribution in [0.15, 0.2) is 48.7 Å². The van der Waals surface area contributed by atoms with Crippen LogP contribution in [0.5, 0.6) is 11.5 Å². The second kappa shape index (κ2) is 7.79. The molecule has 0 aliphatic carbocycles. The molecule has 0 fully saturated rings. The first-order valence-corrected chi connectivity index (χ1v) is 9.17. The Morgan fingerprint density at radius 2 is 1.90 bits per heavy atom. The Hall–Kier alpha value is -3.61. The number of amides is 1. The Labute approximate surface area is 167 Å². The minimum absolute atomic E-state index is 0.0463. The zero-order valence-corrected chi connectivity index (χ0v) is 15.8. The molecule has 1 amide bonds. The molecule has 29 heavy (non-hydrogen) atoms. The molecular weight excluding hydrogens is 374 g/mol. The highest BCUT2D eigenvalue weighted by Crippen LogP contribution is 2.34. The van der Waals surface area contributed by atoms with Gasteiger partial charge in [0.15, 0.2) is 23.9 Å². The maximum Gasteiger partial charge on any atom is 0.308 e. The summed E-state index contributed by atoms with van der Waals surface area (Å²) in [7, 11) is 0. The lowest BCUT2D eigenvalue weighted by Crippen LogP contribution is -2.32. The number of nitrogens with zero attached hydrogens (tertiary/aromatic N) is 1. The third-order valence-corrected chi connectivity index (χ3v) is 4.89. The van der Waals surface area contributed by atoms with E-state index in [-0.39, 0.29) is 31.5 Å². The predicted octanol–water partition coefficient (Wildman–Crippen LogP) is 3.11. The number of carbonyl (C=O) groups excluding carboxylic acids is 3. The van der Waals surface area contributed by atoms with Crippen LogP contribution in [-0.4, -0.2) is 36.0 Å². The number of ketones is 1. The maximum absolute atomic E-state index is 12.4. The van der Waals surface area contributed by atoms with Crippen molar-refractivity contribution in [2.75, 3.05) is 13.4 Å². The summed E-state index contributed by atoms with van der Waals surface area (Å²) in [6.07, 6.45) is 3.46. The van der Waals surface area contributed by atoms with E-state index in [0.29, 0.717) is 17.1 Å². The standard InChI is InChI=1S/C22H19NO6/c1-14(24)23-9-8-15-4-2-3-5-17(15)18(23)11-22(26)27-12-19(25)16-6-7-20-21(10-16)29-13-28-20/h2-10,18H,11-13H2,1H3/t18-/m1/s1. The van der Waals surface area contributed by atoms with E-state index in [4.69, 9.17) is 14.2 Å². The van der Waals surface area contributed by atoms with Gasteiger partial charge in [-0.3, -0.25) is 14.4 Å². The van der Waals surface area contributed by atoms with Crippen molar-refractivity contribution in [3.8, 4) is 11.5 Å². The summed E-state index contributed by atoms with van der Waals surface area (Å²) >= 11 is 0. The van der Waals surface area contributed by atoms with E-state index in [1.54, 1.807) is 24.4 Å². The van der Waals surface area contributed by atoms with Crippen LogP contribution in [0.1, 0.15) is 40.9 Å². The number of rotatable bonds is 5. The average Bonchev–Trinajstić information content (AvgIpc) is 3.20. The third kappa shape index (κ3) is 3.85. The lowest BCUT2D eigenvalue weighted by atomic mass is 9.94. The molecule has 0 radical (unpaired) electrons. The van der Waals surface area contributed by atoms with Crippen molar-refractivity contribution in [3.05, 3.63) is 65.4 Å². The van der Waals surface area contributed by atoms with Crippen molar-refractivity contribution < 1.29 is 28.6 Å². The molecule has 1 atom stereocenters. The van der Waals surface area contributed by atoms with E-state index in [2.05, 4.69) is 0 Å². The van der Waals surface area contributed by atoms with Gasteiger partial charge in [0, 0.05) is 18.7 Å². The monoisotopic (exact) mass is 393 g/mol. The Bertz CT molecular complexity index is 1010. The molecule has 2 aliphatic heterocycles. The molecule has 0 N–H and O–H groups in total. The molecular formula is C22H19NO6. The quantitative estimate of drug-likeness (QED) is 0.574. The summed E-state index contributed by atoms with van der Waals surface area (Å²) in [6.45, 7) is 1.18. The Kier molecular flexibility index (Phi) is 5.03. The third-order valence-electron chi connectivity index (χ3n) is 4.89. The average molecular weight is 393 g/mol. The highest BCUT2D eigenvalue weighted by molar-refractivity contribution is 5.98. The normalized spacial score (nSPS) is 16.3. The number of ether oxygens (including phenoxy) is 3. The number of esters is 1. The molecule has 0 aromatic heterocycles. The summed E-state index contributed by atoms with van der Waals surface area (Å²) in [4.78, 5) is 38.3. The minimum atomic E-state index is -0.555. The van der Waals surface area contributed by atoms with Crippen molar-refractivity contribution in [2.45, 2.75) is 19.4 Å². The predicted molar refractivity (Wildman–Crippen MR) is 103 cm³/mol. The molecule has 7 nitrogen and oxygen atoms in total. The molecule has 0 saturated carbocycles. The van der Waals surface area contributed by atoms with Gasteiger partial charge in [-0.1, -0.05) is 24.3 Å². The first kappa shape index (κ1) is 18.7. The number of hydrogen-bond donors (Lipinski definition) is 0. The van der Waals surface area contributed by atoms with Crippen LogP contribution >= 0.6 is 0 Å². The lowest BCUT2D eigenvalue weighted by Gasteiger charge is -2.32. The van der Waals surface area contributed by atoms with Gasteiger partial charge < -0.3 is 19.1 Å². The largest absolute Gasteiger partial charge is 0.457 e. The van der Waals surface area contributed by atoms with Gasteiger partial charge in [0.2, 0.25) is 12.7 Å². The van der Waals surface area contributed by atoms with Gasteiger partial charge in [-0.2, -0.15) is 0 Å². The molecule has 0 bridgehead atoms. The van der Waals surface area contributed by atoms with Crippen molar-refractivity contribution >= 4 is 23.7 Å². The van der Waals surface area contributed by atoms with Crippen molar-refractivity contribution in [3.63, 3.8) is 0 Å². The molecule has 2 aliphatic rings. The fourth-order valence-electron chi connectivity index (χ4n) is 3.43. The summed E-state index contributed by atoms with van der Waals surface area (Å²) in [5.74, 6) is -0.00814. The zero-order chi connectivity index (χ0) is 20.4. The van der Waals surface area contributed by atoms with Crippen LogP contribution in [0, 0.1) is 0 Å². The van der Waals surface area contributed by atoms with Gasteiger partial charge >= 0.3 is 5.97 Å². The minimum Gasteiger partial charge on any atom is -0.457 e. The first-order chi connectivity index (χ1) is 14.0. The molecule has 2 heterocycles. The SMILES string of the molecule is CC(=O)N1C=Cc2ccccc2[C@H]1CC(=O)OCC(=O)c1ccc2c(c1)OCO2. The Morgan fingerprint density at radius 3 is 2.72 bits per heavy atom. The van der Waals surface area contributed by atoms with E-state index in [1.807, 2.05) is 30.3 Å². The summed E-state index contributed by atoms with van der Waals surface area (Å²) < 4.78 is 15.7. The van der Waals surface area contributed by atoms with E-state index in [0.717, 1.165) is 11.1 Å². The number of fused-ring (bicyclic) bond motifs is 2. The number of carbonyl (C=O) groups is 3. The van der Waals surface area contributed by atoms with Crippen LogP contribution in [0.3, 0.4) is 0 Å². The fraction of sp³-hybridized carbons (Fsp3) is 0.227. The van der Waals surface area contributed by atoms with Gasteiger partial charge in [0.1, 0.15) is 0 Å². The van der Waals surface area contributed by atoms with Crippen LogP contribution < -0.4 is 9.47 Å². The van der Waals surface area contributed by atoms with E-state index in [9.17, 15) is 14.4 Å². The van der Waals surface area contributed by atoms with E-state index in [1.165, 1.54) is 11.8 Å². The number of Topliss-reactive ketones (excluding diaryl/α,β-unsaturated/α-hetero) is 1. The fourth-order valence-corrected chi connectivity index (χ4v) is 3.43. The smallest absolute Gasteiger partial charge is 0.308 e. The van der Waals surface area contributed by atoms with Crippen LogP contribution in [0.25, 0.3) is 6.08 Å². The van der Waals surface area contributed by atoms with Gasteiger partial charge in [0.25, 0.3) is 0 Å². The first-order valence-electron chi connectivity index (χ1n) is 9.17. The topological polar surface area (TPSA) is 82.1 Å². The lowest BCUT2D eigenvalue weighted by molar-refractivity contribution is -0.144. The molecule has 2 aromatic rings. The van der Waals surface area contributed by atoms with Gasteiger partial charge in [-0.05, 0) is 35.4 Å². The van der Waals surface area contributed by atoms with Crippen LogP contribution in [-0.2, 0) is 14.3 Å². The Balaban J connectivity index is 1.41. The summed E-state index contributed by atoms with van der Waals surface area (Å²) in [5.41, 5.74) is 2.18. The second-order valence-corrected chi connectivity index (χ2v) is 6.74. The van der Waals surface area contributed by atoms with Crippen LogP contribution in [0.4, 0.5) is 0 Å². The molecule has 7 heteroatoms. The summed E-state index contributed by atoms with van der Waals surface area (Å²) in [6, 6.07) is 11.9. The summed E-state index contributed by atoms with van der Waals surface area (Å²) in [5, 5.41) is 0. The highest BCUT2D eigenvalue weighted by atomic mass is 16.7. The van der Waals surface area contributed by atoms with Crippen molar-refractivity contribution in [2.24, 2.45) is 0 Å². The number of benzene rings is 2. The molecule has 0 saturated heterocycles. The molecule has 0 spiro atoms. The molecule has 4 rings (SSSR count). The molecule has 0 unspecified atom stereocenters. The second-order valence-electron chi connectivity index (χ2n) is 6.74. The zero-order valence-electron chi connectivity index (χ0n) is 15.8. The Morgan fingerprint density at radius 1 is 1.10 bits per heavy atom. The molecule has 148 valence electrons. The highest BCUT2D eigenvalue weighted by Gasteiger charge is 2.29. The maximum atomic E-state index is 12.4. The van der Waals surface area contributed by atoms with E-state index < -0.39 is 12.0 Å². The van der Waals surface area contributed by atoms with Gasteiger partial charge in [-0.15, -0.1) is 0 Å². The molecule has 2 aromatic carbocycles. The number of hydrogen-bond acceptors (Lipinski definition) is 6. The van der Waals surface area contributed by atoms with Crippen LogP contribution in [0.2, 0.25) is 0 Å². The van der Waals surface area contributed by atoms with Gasteiger partial charge in [-0.25, -0.2) is 0 Å². The van der Waals surface area contributed by atoms with E-state index >= 15 is 0 Å². The van der Waals surface area contributed by atoms with Gasteiger partial charge in [0.05, 0.1) is 12.5 Å². The van der Waals surface area contributed by atoms with Crippen molar-refractivity contribution in [1.29, 1.82) is 0 Å².